The van der Waals surface area contributed by atoms with E-state index in [-0.39, 0.29) is 6.10 Å². The van der Waals surface area contributed by atoms with Gasteiger partial charge in [0.15, 0.2) is 5.83 Å². The van der Waals surface area contributed by atoms with Crippen LogP contribution in [-0.4, -0.2) is 97.4 Å². The molecule has 0 spiro atoms. The highest BCUT2D eigenvalue weighted by Crippen LogP contribution is 2.35. The van der Waals surface area contributed by atoms with Crippen LogP contribution >= 0.6 is 0 Å². The molecule has 45 heavy (non-hydrogen) atoms. The van der Waals surface area contributed by atoms with Gasteiger partial charge in [-0.25, -0.2) is 4.39 Å². The van der Waals surface area contributed by atoms with E-state index in [1.165, 1.54) is 33.8 Å². The number of fused-ring (bicyclic) bond motifs is 2. The molecule has 238 valence electrons. The number of likely N-dealkylation sites (N-methyl/N-ethyl adjacent to an activating group) is 1. The summed E-state index contributed by atoms with van der Waals surface area (Å²) >= 11 is 0. The Morgan fingerprint density at radius 2 is 1.84 bits per heavy atom. The number of carbonyl (C=O) groups excluding carboxylic acids is 1. The molecule has 1 atom stereocenters. The molecule has 4 heterocycles. The minimum atomic E-state index is -0.922. The van der Waals surface area contributed by atoms with Crippen molar-refractivity contribution in [3.8, 4) is 12.1 Å². The van der Waals surface area contributed by atoms with Crippen molar-refractivity contribution in [2.45, 2.75) is 39.8 Å². The number of nitriles is 1. The summed E-state index contributed by atoms with van der Waals surface area (Å²) in [4.78, 5) is 30.4. The third-order valence-corrected chi connectivity index (χ3v) is 8.62. The summed E-state index contributed by atoms with van der Waals surface area (Å²) in [5.41, 5.74) is 4.50. The number of nitrogens with zero attached hydrogens (tertiary/aromatic N) is 7. The van der Waals surface area contributed by atoms with Crippen LogP contribution < -0.4 is 14.5 Å². The molecule has 3 aromatic rings. The Balaban J connectivity index is 0.00000128. The summed E-state index contributed by atoms with van der Waals surface area (Å²) in [6, 6.07) is 15.0. The molecular formula is C34H42FN7O3. The van der Waals surface area contributed by atoms with Crippen molar-refractivity contribution in [2.75, 3.05) is 75.4 Å². The van der Waals surface area contributed by atoms with Crippen molar-refractivity contribution in [1.82, 2.24) is 19.8 Å². The maximum absolute atomic E-state index is 13.5. The number of rotatable bonds is 7. The van der Waals surface area contributed by atoms with Gasteiger partial charge in [0.25, 0.3) is 5.91 Å². The number of aromatic nitrogens is 2. The van der Waals surface area contributed by atoms with Gasteiger partial charge >= 0.3 is 6.01 Å². The fourth-order valence-corrected chi connectivity index (χ4v) is 6.32. The standard InChI is InChI=1S/C32H39FN6O3.C2H3N/c1-4-36-17-18-41-25(19-36)21-42-32-34-27-20-39(28-10-6-9-24-8-5-7-22(2)29(24)28)12-11-26(27)30(35-32)37-13-15-38(16-14-37)31(40)23(3)33;1-2-3/h5-10,25H,3-4,11-21H2,1-2H3;1H3. The van der Waals surface area contributed by atoms with Crippen molar-refractivity contribution in [2.24, 2.45) is 0 Å². The fourth-order valence-electron chi connectivity index (χ4n) is 6.32. The highest BCUT2D eigenvalue weighted by Gasteiger charge is 2.30. The van der Waals surface area contributed by atoms with E-state index < -0.39 is 11.7 Å². The quantitative estimate of drug-likeness (QED) is 0.361. The lowest BCUT2D eigenvalue weighted by atomic mass is 9.99. The average Bonchev–Trinajstić information content (AvgIpc) is 3.06. The van der Waals surface area contributed by atoms with Gasteiger partial charge in [0.05, 0.1) is 24.9 Å². The highest BCUT2D eigenvalue weighted by atomic mass is 19.1. The van der Waals surface area contributed by atoms with E-state index in [4.69, 9.17) is 24.7 Å². The Hall–Kier alpha value is -4.27. The number of ether oxygens (including phenoxy) is 2. The number of hydrogen-bond acceptors (Lipinski definition) is 9. The Labute approximate surface area is 264 Å². The van der Waals surface area contributed by atoms with Crippen molar-refractivity contribution in [3.05, 3.63) is 65.6 Å². The number of halogens is 1. The van der Waals surface area contributed by atoms with E-state index in [0.29, 0.717) is 51.9 Å². The van der Waals surface area contributed by atoms with Gasteiger partial charge in [-0.05, 0) is 36.9 Å². The maximum Gasteiger partial charge on any atom is 0.318 e. The molecule has 6 rings (SSSR count). The van der Waals surface area contributed by atoms with Crippen LogP contribution in [-0.2, 0) is 22.5 Å². The summed E-state index contributed by atoms with van der Waals surface area (Å²) in [7, 11) is 0. The molecule has 3 aliphatic rings. The first-order valence-corrected chi connectivity index (χ1v) is 15.6. The molecule has 0 N–H and O–H groups in total. The molecule has 0 aliphatic carbocycles. The second-order valence-corrected chi connectivity index (χ2v) is 11.5. The Kier molecular flexibility index (Phi) is 10.5. The average molecular weight is 616 g/mol. The molecule has 1 aromatic heterocycles. The van der Waals surface area contributed by atoms with Crippen LogP contribution in [0.25, 0.3) is 10.8 Å². The molecule has 0 bridgehead atoms. The van der Waals surface area contributed by atoms with Gasteiger partial charge in [-0.2, -0.15) is 15.2 Å². The lowest BCUT2D eigenvalue weighted by Crippen LogP contribution is -2.49. The van der Waals surface area contributed by atoms with Gasteiger partial charge < -0.3 is 24.2 Å². The maximum atomic E-state index is 13.5. The minimum absolute atomic E-state index is 0.0414. The van der Waals surface area contributed by atoms with Crippen LogP contribution in [0.1, 0.15) is 30.7 Å². The molecule has 0 saturated carbocycles. The molecule has 0 radical (unpaired) electrons. The molecule has 2 aromatic carbocycles. The molecular weight excluding hydrogens is 573 g/mol. The second kappa shape index (κ2) is 14.7. The van der Waals surface area contributed by atoms with Crippen molar-refractivity contribution < 1.29 is 18.7 Å². The Morgan fingerprint density at radius 1 is 1.11 bits per heavy atom. The second-order valence-electron chi connectivity index (χ2n) is 11.5. The minimum Gasteiger partial charge on any atom is -0.461 e. The van der Waals surface area contributed by atoms with Gasteiger partial charge in [-0.1, -0.05) is 43.8 Å². The largest absolute Gasteiger partial charge is 0.461 e. The molecule has 1 unspecified atom stereocenters. The van der Waals surface area contributed by atoms with E-state index >= 15 is 0 Å². The molecule has 11 heteroatoms. The zero-order chi connectivity index (χ0) is 31.9. The number of benzene rings is 2. The summed E-state index contributed by atoms with van der Waals surface area (Å²) in [6.07, 6.45) is 0.741. The third-order valence-electron chi connectivity index (χ3n) is 8.62. The molecule has 10 nitrogen and oxygen atoms in total. The van der Waals surface area contributed by atoms with Gasteiger partial charge in [-0.15, -0.1) is 0 Å². The zero-order valence-corrected chi connectivity index (χ0v) is 26.5. The summed E-state index contributed by atoms with van der Waals surface area (Å²) in [5, 5.41) is 9.81. The zero-order valence-electron chi connectivity index (χ0n) is 26.5. The topological polar surface area (TPSA) is 98.1 Å². The predicted octanol–water partition coefficient (Wildman–Crippen LogP) is 4.26. The monoisotopic (exact) mass is 615 g/mol. The Morgan fingerprint density at radius 3 is 2.56 bits per heavy atom. The number of piperazine rings is 1. The smallest absolute Gasteiger partial charge is 0.318 e. The first-order chi connectivity index (χ1) is 21.8. The van der Waals surface area contributed by atoms with Crippen LogP contribution in [0.5, 0.6) is 6.01 Å². The number of hydrogen-bond donors (Lipinski definition) is 0. The third kappa shape index (κ3) is 7.35. The molecule has 2 saturated heterocycles. The first-order valence-electron chi connectivity index (χ1n) is 15.6. The van der Waals surface area contributed by atoms with Crippen molar-refractivity contribution >= 4 is 28.2 Å². The molecule has 3 aliphatic heterocycles. The summed E-state index contributed by atoms with van der Waals surface area (Å²) in [6.45, 7) is 16.1. The number of aryl methyl sites for hydroxylation is 1. The van der Waals surface area contributed by atoms with Gasteiger partial charge in [0.1, 0.15) is 18.5 Å². The van der Waals surface area contributed by atoms with Gasteiger partial charge in [0, 0.05) is 69.4 Å². The number of anilines is 2. The molecule has 2 fully saturated rings. The fraction of sp³-hybridized carbons (Fsp3) is 0.471. The first kappa shape index (κ1) is 32.1. The van der Waals surface area contributed by atoms with Crippen molar-refractivity contribution in [1.29, 1.82) is 5.26 Å². The SMILES string of the molecule is C=C(F)C(=O)N1CCN(c2nc(OCC3CN(CC)CCO3)nc3c2CCN(c2cccc4cccc(C)c24)C3)CC1.CC#N. The van der Waals surface area contributed by atoms with Gasteiger partial charge in [0.2, 0.25) is 0 Å². The number of morpholine rings is 1. The van der Waals surface area contributed by atoms with Crippen LogP contribution in [0.3, 0.4) is 0 Å². The van der Waals surface area contributed by atoms with Crippen LogP contribution in [0.4, 0.5) is 15.9 Å². The van der Waals surface area contributed by atoms with E-state index in [1.54, 1.807) is 6.07 Å². The Bertz CT molecular complexity index is 1560. The normalized spacial score (nSPS) is 18.5. The lowest BCUT2D eigenvalue weighted by Gasteiger charge is -2.38. The number of carbonyl (C=O) groups is 1. The van der Waals surface area contributed by atoms with Gasteiger partial charge in [-0.3, -0.25) is 9.69 Å². The predicted molar refractivity (Wildman–Crippen MR) is 173 cm³/mol. The van der Waals surface area contributed by atoms with Crippen LogP contribution in [0, 0.1) is 18.3 Å². The highest BCUT2D eigenvalue weighted by molar-refractivity contribution is 5.97. The summed E-state index contributed by atoms with van der Waals surface area (Å²) in [5.74, 6) is -0.721. The summed E-state index contributed by atoms with van der Waals surface area (Å²) < 4.78 is 25.7. The van der Waals surface area contributed by atoms with E-state index in [0.717, 1.165) is 49.7 Å². The van der Waals surface area contributed by atoms with Crippen LogP contribution in [0.2, 0.25) is 0 Å². The van der Waals surface area contributed by atoms with Crippen LogP contribution in [0.15, 0.2) is 48.8 Å². The van der Waals surface area contributed by atoms with Crippen molar-refractivity contribution in [3.63, 3.8) is 0 Å². The van der Waals surface area contributed by atoms with E-state index in [9.17, 15) is 9.18 Å². The molecule has 1 amide bonds. The van der Waals surface area contributed by atoms with E-state index in [1.807, 2.05) is 0 Å². The number of amides is 1. The van der Waals surface area contributed by atoms with E-state index in [2.05, 4.69) is 71.5 Å². The lowest BCUT2D eigenvalue weighted by molar-refractivity contribution is -0.128.